The Hall–Kier alpha value is -1.06. The normalized spacial score (nSPS) is 8.42. The van der Waals surface area contributed by atoms with Crippen LogP contribution in [0.3, 0.4) is 0 Å². The summed E-state index contributed by atoms with van der Waals surface area (Å²) in [5, 5.41) is 7.99. The third-order valence-electron chi connectivity index (χ3n) is 1.01. The minimum absolute atomic E-state index is 0.157. The fourth-order valence-electron chi connectivity index (χ4n) is 0.144. The van der Waals surface area contributed by atoms with Gasteiger partial charge in [-0.15, -0.1) is 0 Å². The molecular weight excluding hydrogens is 160 g/mol. The molecule has 0 aromatic rings. The molecule has 72 valence electrons. The van der Waals surface area contributed by atoms with Gasteiger partial charge in [-0.05, 0) is 0 Å². The van der Waals surface area contributed by atoms with Crippen LogP contribution in [0.1, 0.15) is 27.2 Å². The lowest BCUT2D eigenvalue weighted by atomic mass is 10.2. The molecule has 0 aliphatic heterocycles. The zero-order chi connectivity index (χ0) is 10.1. The van der Waals surface area contributed by atoms with Crippen molar-refractivity contribution in [1.29, 1.82) is 0 Å². The number of carboxylic acid groups (broad SMARTS) is 1. The second-order valence-electron chi connectivity index (χ2n) is 2.42. The van der Waals surface area contributed by atoms with Gasteiger partial charge in [-0.1, -0.05) is 20.8 Å². The van der Waals surface area contributed by atoms with Crippen LogP contribution in [-0.2, 0) is 14.3 Å². The third kappa shape index (κ3) is 11.7. The van der Waals surface area contributed by atoms with Gasteiger partial charge in [0.15, 0.2) is 0 Å². The molecule has 0 aliphatic carbocycles. The number of esters is 1. The fourth-order valence-corrected chi connectivity index (χ4v) is 0.144. The van der Waals surface area contributed by atoms with Crippen LogP contribution in [0.25, 0.3) is 0 Å². The van der Waals surface area contributed by atoms with Crippen molar-refractivity contribution < 1.29 is 19.4 Å². The van der Waals surface area contributed by atoms with Crippen molar-refractivity contribution in [2.45, 2.75) is 27.2 Å². The summed E-state index contributed by atoms with van der Waals surface area (Å²) >= 11 is 0. The Balaban J connectivity index is 0. The van der Waals surface area contributed by atoms with Gasteiger partial charge in [0, 0.05) is 6.42 Å². The summed E-state index contributed by atoms with van der Waals surface area (Å²) in [6.45, 7) is 5.04. The van der Waals surface area contributed by atoms with E-state index < -0.39 is 5.97 Å². The number of aliphatic carboxylic acids is 1. The van der Waals surface area contributed by atoms with Gasteiger partial charge < -0.3 is 9.84 Å². The maximum atomic E-state index is 9.96. The third-order valence-corrected chi connectivity index (χ3v) is 1.01. The Kier molecular flexibility index (Phi) is 9.06. The molecule has 1 N–H and O–H groups in total. The molecule has 0 aromatic heterocycles. The topological polar surface area (TPSA) is 63.6 Å². The van der Waals surface area contributed by atoms with Gasteiger partial charge in [0.25, 0.3) is 0 Å². The van der Waals surface area contributed by atoms with Crippen molar-refractivity contribution in [2.75, 3.05) is 7.11 Å². The number of carbonyl (C=O) groups is 2. The SMILES string of the molecule is CC(C)C(=O)O.CCC(=O)OC. The monoisotopic (exact) mass is 176 g/mol. The first-order valence-electron chi connectivity index (χ1n) is 3.75. The molecule has 0 spiro atoms. The van der Waals surface area contributed by atoms with E-state index in [-0.39, 0.29) is 11.9 Å². The van der Waals surface area contributed by atoms with Gasteiger partial charge in [-0.3, -0.25) is 9.59 Å². The number of ether oxygens (including phenoxy) is 1. The average Bonchev–Trinajstić information content (AvgIpc) is 2.04. The Bertz CT molecular complexity index is 132. The summed E-state index contributed by atoms with van der Waals surface area (Å²) < 4.78 is 4.26. The summed E-state index contributed by atoms with van der Waals surface area (Å²) in [5.74, 6) is -1.13. The molecule has 0 fully saturated rings. The van der Waals surface area contributed by atoms with Gasteiger partial charge in [0.1, 0.15) is 0 Å². The molecular formula is C8H16O4. The lowest BCUT2D eigenvalue weighted by Gasteiger charge is -1.89. The molecule has 0 aliphatic rings. The predicted molar refractivity (Wildman–Crippen MR) is 44.8 cm³/mol. The molecule has 0 saturated carbocycles. The second-order valence-corrected chi connectivity index (χ2v) is 2.42. The molecule has 0 unspecified atom stereocenters. The van der Waals surface area contributed by atoms with Crippen LogP contribution in [0, 0.1) is 5.92 Å². The molecule has 0 amide bonds. The van der Waals surface area contributed by atoms with Crippen LogP contribution >= 0.6 is 0 Å². The molecule has 0 heterocycles. The van der Waals surface area contributed by atoms with Crippen molar-refractivity contribution in [3.8, 4) is 0 Å². The van der Waals surface area contributed by atoms with E-state index in [1.54, 1.807) is 20.8 Å². The molecule has 4 nitrogen and oxygen atoms in total. The zero-order valence-electron chi connectivity index (χ0n) is 7.96. The van der Waals surface area contributed by atoms with Crippen molar-refractivity contribution >= 4 is 11.9 Å². The van der Waals surface area contributed by atoms with Crippen molar-refractivity contribution in [3.05, 3.63) is 0 Å². The van der Waals surface area contributed by atoms with Gasteiger partial charge >= 0.3 is 11.9 Å². The molecule has 0 rings (SSSR count). The van der Waals surface area contributed by atoms with E-state index in [4.69, 9.17) is 5.11 Å². The van der Waals surface area contributed by atoms with Crippen LogP contribution in [0.2, 0.25) is 0 Å². The predicted octanol–water partition coefficient (Wildman–Crippen LogP) is 1.30. The van der Waals surface area contributed by atoms with Gasteiger partial charge in [-0.25, -0.2) is 0 Å². The minimum atomic E-state index is -0.741. The van der Waals surface area contributed by atoms with Crippen molar-refractivity contribution in [3.63, 3.8) is 0 Å². The number of hydrogen-bond acceptors (Lipinski definition) is 3. The van der Waals surface area contributed by atoms with E-state index in [9.17, 15) is 9.59 Å². The Labute approximate surface area is 72.5 Å². The van der Waals surface area contributed by atoms with E-state index in [1.807, 2.05) is 0 Å². The van der Waals surface area contributed by atoms with Gasteiger partial charge in [-0.2, -0.15) is 0 Å². The number of hydrogen-bond donors (Lipinski definition) is 1. The molecule has 4 heteroatoms. The maximum Gasteiger partial charge on any atom is 0.305 e. The zero-order valence-corrected chi connectivity index (χ0v) is 7.96. The van der Waals surface area contributed by atoms with E-state index in [0.29, 0.717) is 6.42 Å². The van der Waals surface area contributed by atoms with Gasteiger partial charge in [0.2, 0.25) is 0 Å². The van der Waals surface area contributed by atoms with Gasteiger partial charge in [0.05, 0.1) is 13.0 Å². The summed E-state index contributed by atoms with van der Waals surface area (Å²) in [7, 11) is 1.38. The van der Waals surface area contributed by atoms with Crippen LogP contribution < -0.4 is 0 Å². The van der Waals surface area contributed by atoms with Crippen molar-refractivity contribution in [2.24, 2.45) is 5.92 Å². The largest absolute Gasteiger partial charge is 0.481 e. The summed E-state index contributed by atoms with van der Waals surface area (Å²) in [6.07, 6.45) is 0.469. The van der Waals surface area contributed by atoms with Crippen molar-refractivity contribution in [1.82, 2.24) is 0 Å². The molecule has 0 atom stereocenters. The molecule has 0 aromatic carbocycles. The van der Waals surface area contributed by atoms with Crippen LogP contribution in [0.15, 0.2) is 0 Å². The highest BCUT2D eigenvalue weighted by molar-refractivity contribution is 5.69. The average molecular weight is 176 g/mol. The van der Waals surface area contributed by atoms with Crippen LogP contribution in [0.5, 0.6) is 0 Å². The minimum Gasteiger partial charge on any atom is -0.481 e. The van der Waals surface area contributed by atoms with E-state index in [0.717, 1.165) is 0 Å². The fraction of sp³-hybridized carbons (Fsp3) is 0.750. The number of carbonyl (C=O) groups excluding carboxylic acids is 1. The van der Waals surface area contributed by atoms with E-state index >= 15 is 0 Å². The number of methoxy groups -OCH3 is 1. The highest BCUT2D eigenvalue weighted by Gasteiger charge is 1.99. The highest BCUT2D eigenvalue weighted by Crippen LogP contribution is 1.87. The maximum absolute atomic E-state index is 9.96. The lowest BCUT2D eigenvalue weighted by molar-refractivity contribution is -0.141. The Morgan fingerprint density at radius 2 is 1.75 bits per heavy atom. The van der Waals surface area contributed by atoms with Crippen LogP contribution in [-0.4, -0.2) is 24.2 Å². The first kappa shape index (κ1) is 13.5. The summed E-state index contributed by atoms with van der Waals surface area (Å²) in [5.41, 5.74) is 0. The summed E-state index contributed by atoms with van der Waals surface area (Å²) in [6, 6.07) is 0. The first-order chi connectivity index (χ1) is 5.45. The molecule has 0 radical (unpaired) electrons. The van der Waals surface area contributed by atoms with Crippen LogP contribution in [0.4, 0.5) is 0 Å². The molecule has 0 bridgehead atoms. The molecule has 12 heavy (non-hydrogen) atoms. The molecule has 0 saturated heterocycles. The Morgan fingerprint density at radius 3 is 1.75 bits per heavy atom. The highest BCUT2D eigenvalue weighted by atomic mass is 16.5. The number of rotatable bonds is 2. The second kappa shape index (κ2) is 8.04. The van der Waals surface area contributed by atoms with E-state index in [2.05, 4.69) is 4.74 Å². The number of carboxylic acids is 1. The summed E-state index contributed by atoms with van der Waals surface area (Å²) in [4.78, 5) is 19.7. The standard InChI is InChI=1S/2C4H8O2/c1-3-4(5)6-2;1-3(2)4(5)6/h3H2,1-2H3;3H,1-2H3,(H,5,6). The van der Waals surface area contributed by atoms with E-state index in [1.165, 1.54) is 7.11 Å². The Morgan fingerprint density at radius 1 is 1.42 bits per heavy atom. The quantitative estimate of drug-likeness (QED) is 0.644. The first-order valence-corrected chi connectivity index (χ1v) is 3.75. The smallest absolute Gasteiger partial charge is 0.305 e. The lowest BCUT2D eigenvalue weighted by Crippen LogP contribution is -2.03.